The minimum atomic E-state index is -0.784. The summed E-state index contributed by atoms with van der Waals surface area (Å²) in [6, 6.07) is 10.2. The number of nitrogens with one attached hydrogen (secondary N) is 2. The minimum absolute atomic E-state index is 0.0591. The average Bonchev–Trinajstić information content (AvgIpc) is 3.33. The first-order chi connectivity index (χ1) is 16.0. The van der Waals surface area contributed by atoms with Crippen molar-refractivity contribution in [3.05, 3.63) is 54.1 Å². The van der Waals surface area contributed by atoms with Crippen LogP contribution in [0.15, 0.2) is 42.5 Å². The van der Waals surface area contributed by atoms with Crippen LogP contribution in [0.25, 0.3) is 0 Å². The number of nitrogens with zero attached hydrogens (tertiary/aromatic N) is 1. The van der Waals surface area contributed by atoms with Crippen LogP contribution in [-0.4, -0.2) is 37.6 Å². The van der Waals surface area contributed by atoms with Crippen molar-refractivity contribution in [2.24, 2.45) is 0 Å². The zero-order chi connectivity index (χ0) is 23.6. The van der Waals surface area contributed by atoms with Gasteiger partial charge >= 0.3 is 0 Å². The van der Waals surface area contributed by atoms with E-state index in [0.29, 0.717) is 18.5 Å². The molecule has 6 nitrogen and oxygen atoms in total. The Morgan fingerprint density at radius 1 is 1.12 bits per heavy atom. The first kappa shape index (κ1) is 24.5. The fourth-order valence-corrected chi connectivity index (χ4v) is 3.82. The van der Waals surface area contributed by atoms with Gasteiger partial charge in [-0.1, -0.05) is 19.4 Å². The Bertz CT molecular complexity index is 948. The van der Waals surface area contributed by atoms with Gasteiger partial charge in [-0.05, 0) is 56.0 Å². The Balaban J connectivity index is 1.47. The molecule has 1 atom stereocenters. The highest BCUT2D eigenvalue weighted by molar-refractivity contribution is 5.97. The van der Waals surface area contributed by atoms with Gasteiger partial charge in [-0.15, -0.1) is 0 Å². The number of anilines is 2. The van der Waals surface area contributed by atoms with Crippen LogP contribution in [0.4, 0.5) is 20.2 Å². The van der Waals surface area contributed by atoms with Gasteiger partial charge in [0.25, 0.3) is 0 Å². The summed E-state index contributed by atoms with van der Waals surface area (Å²) in [7, 11) is 0. The molecule has 33 heavy (non-hydrogen) atoms. The van der Waals surface area contributed by atoms with Crippen molar-refractivity contribution in [1.29, 1.82) is 0 Å². The lowest BCUT2D eigenvalue weighted by Gasteiger charge is -2.20. The largest absolute Gasteiger partial charge is 0.491 e. The summed E-state index contributed by atoms with van der Waals surface area (Å²) in [5, 5.41) is 5.70. The SMILES string of the molecule is CCCC(NC(=O)CCCOc1ccc(F)cc1F)C(=O)Nc1cccc(N2CCCC2)c1. The third-order valence-corrected chi connectivity index (χ3v) is 5.51. The molecular formula is C25H31F2N3O3. The monoisotopic (exact) mass is 459 g/mol. The van der Waals surface area contributed by atoms with E-state index in [1.165, 1.54) is 18.9 Å². The molecule has 1 saturated heterocycles. The Morgan fingerprint density at radius 3 is 2.64 bits per heavy atom. The molecule has 0 bridgehead atoms. The normalized spacial score (nSPS) is 14.1. The van der Waals surface area contributed by atoms with Crippen molar-refractivity contribution in [2.75, 3.05) is 29.9 Å². The van der Waals surface area contributed by atoms with Crippen molar-refractivity contribution >= 4 is 23.2 Å². The second kappa shape index (κ2) is 12.2. The van der Waals surface area contributed by atoms with E-state index in [0.717, 1.165) is 37.3 Å². The number of halogens is 2. The number of ether oxygens (including phenoxy) is 1. The molecule has 8 heteroatoms. The lowest BCUT2D eigenvalue weighted by atomic mass is 10.1. The Hall–Kier alpha value is -3.16. The van der Waals surface area contributed by atoms with Crippen molar-refractivity contribution in [1.82, 2.24) is 5.32 Å². The highest BCUT2D eigenvalue weighted by Gasteiger charge is 2.20. The first-order valence-electron chi connectivity index (χ1n) is 11.5. The van der Waals surface area contributed by atoms with Crippen LogP contribution in [0.2, 0.25) is 0 Å². The average molecular weight is 460 g/mol. The zero-order valence-corrected chi connectivity index (χ0v) is 18.9. The Kier molecular flexibility index (Phi) is 9.04. The number of rotatable bonds is 11. The second-order valence-corrected chi connectivity index (χ2v) is 8.17. The van der Waals surface area contributed by atoms with Gasteiger partial charge in [-0.3, -0.25) is 9.59 Å². The molecule has 1 heterocycles. The highest BCUT2D eigenvalue weighted by Crippen LogP contribution is 2.23. The maximum absolute atomic E-state index is 13.6. The van der Waals surface area contributed by atoms with Crippen LogP contribution in [0.5, 0.6) is 5.75 Å². The summed E-state index contributed by atoms with van der Waals surface area (Å²) < 4.78 is 31.8. The van der Waals surface area contributed by atoms with Crippen LogP contribution in [0.1, 0.15) is 45.4 Å². The standard InChI is InChI=1S/C25H31F2N3O3/c1-2-7-22(25(32)28-19-8-5-9-20(17-19)30-13-3-4-14-30)29-24(31)10-6-15-33-23-12-11-18(26)16-21(23)27/h5,8-9,11-12,16-17,22H,2-4,6-7,10,13-15H2,1H3,(H,28,32)(H,29,31). The summed E-state index contributed by atoms with van der Waals surface area (Å²) in [6.07, 6.45) is 4.05. The van der Waals surface area contributed by atoms with Gasteiger partial charge in [0.2, 0.25) is 11.8 Å². The van der Waals surface area contributed by atoms with Crippen molar-refractivity contribution in [3.8, 4) is 5.75 Å². The predicted molar refractivity (Wildman–Crippen MR) is 124 cm³/mol. The molecule has 2 amide bonds. The van der Waals surface area contributed by atoms with Gasteiger partial charge < -0.3 is 20.3 Å². The van der Waals surface area contributed by atoms with E-state index < -0.39 is 17.7 Å². The van der Waals surface area contributed by atoms with E-state index in [1.807, 2.05) is 31.2 Å². The smallest absolute Gasteiger partial charge is 0.246 e. The van der Waals surface area contributed by atoms with Crippen LogP contribution in [0, 0.1) is 11.6 Å². The number of amides is 2. The molecular weight excluding hydrogens is 428 g/mol. The lowest BCUT2D eigenvalue weighted by molar-refractivity contribution is -0.126. The molecule has 1 unspecified atom stereocenters. The summed E-state index contributed by atoms with van der Waals surface area (Å²) >= 11 is 0. The topological polar surface area (TPSA) is 70.7 Å². The molecule has 1 aliphatic rings. The number of carbonyl (C=O) groups is 2. The quantitative estimate of drug-likeness (QED) is 0.480. The van der Waals surface area contributed by atoms with E-state index >= 15 is 0 Å². The molecule has 178 valence electrons. The van der Waals surface area contributed by atoms with Gasteiger partial charge in [-0.25, -0.2) is 8.78 Å². The zero-order valence-electron chi connectivity index (χ0n) is 18.9. The molecule has 0 spiro atoms. The molecule has 3 rings (SSSR count). The molecule has 0 radical (unpaired) electrons. The highest BCUT2D eigenvalue weighted by atomic mass is 19.1. The van der Waals surface area contributed by atoms with E-state index in [-0.39, 0.29) is 30.6 Å². The fourth-order valence-electron chi connectivity index (χ4n) is 3.82. The Morgan fingerprint density at radius 2 is 1.91 bits per heavy atom. The van der Waals surface area contributed by atoms with Crippen LogP contribution in [-0.2, 0) is 9.59 Å². The second-order valence-electron chi connectivity index (χ2n) is 8.17. The molecule has 0 aliphatic carbocycles. The van der Waals surface area contributed by atoms with Crippen molar-refractivity contribution in [2.45, 2.75) is 51.5 Å². The summed E-state index contributed by atoms with van der Waals surface area (Å²) in [4.78, 5) is 27.5. The van der Waals surface area contributed by atoms with Crippen LogP contribution in [0.3, 0.4) is 0 Å². The third kappa shape index (κ3) is 7.44. The van der Waals surface area contributed by atoms with Crippen molar-refractivity contribution < 1.29 is 23.1 Å². The number of hydrogen-bond donors (Lipinski definition) is 2. The lowest BCUT2D eigenvalue weighted by Crippen LogP contribution is -2.43. The molecule has 2 aromatic rings. The van der Waals surface area contributed by atoms with Crippen molar-refractivity contribution in [3.63, 3.8) is 0 Å². The maximum Gasteiger partial charge on any atom is 0.246 e. The molecule has 0 saturated carbocycles. The Labute approximate surface area is 193 Å². The molecule has 2 N–H and O–H groups in total. The maximum atomic E-state index is 13.6. The first-order valence-corrected chi connectivity index (χ1v) is 11.5. The summed E-state index contributed by atoms with van der Waals surface area (Å²) in [5.74, 6) is -2.06. The van der Waals surface area contributed by atoms with Crippen LogP contribution < -0.4 is 20.3 Å². The molecule has 0 aromatic heterocycles. The van der Waals surface area contributed by atoms with E-state index in [9.17, 15) is 18.4 Å². The van der Waals surface area contributed by atoms with Crippen LogP contribution >= 0.6 is 0 Å². The van der Waals surface area contributed by atoms with Gasteiger partial charge in [-0.2, -0.15) is 0 Å². The summed E-state index contributed by atoms with van der Waals surface area (Å²) in [5.41, 5.74) is 1.79. The van der Waals surface area contributed by atoms with E-state index in [2.05, 4.69) is 15.5 Å². The number of hydrogen-bond acceptors (Lipinski definition) is 4. The van der Waals surface area contributed by atoms with Gasteiger partial charge in [0.15, 0.2) is 11.6 Å². The summed E-state index contributed by atoms with van der Waals surface area (Å²) in [6.45, 7) is 4.09. The third-order valence-electron chi connectivity index (χ3n) is 5.51. The number of benzene rings is 2. The fraction of sp³-hybridized carbons (Fsp3) is 0.440. The van der Waals surface area contributed by atoms with Gasteiger partial charge in [0, 0.05) is 37.0 Å². The van der Waals surface area contributed by atoms with E-state index in [4.69, 9.17) is 4.74 Å². The molecule has 1 fully saturated rings. The van der Waals surface area contributed by atoms with E-state index in [1.54, 1.807) is 0 Å². The minimum Gasteiger partial charge on any atom is -0.491 e. The number of carbonyl (C=O) groups excluding carboxylic acids is 2. The predicted octanol–water partition coefficient (Wildman–Crippen LogP) is 4.65. The van der Waals surface area contributed by atoms with Gasteiger partial charge in [0.1, 0.15) is 11.9 Å². The van der Waals surface area contributed by atoms with Gasteiger partial charge in [0.05, 0.1) is 6.61 Å². The molecule has 2 aromatic carbocycles. The molecule has 1 aliphatic heterocycles.